The summed E-state index contributed by atoms with van der Waals surface area (Å²) >= 11 is 0. The van der Waals surface area contributed by atoms with Crippen LogP contribution in [-0.4, -0.2) is 0 Å². The molecule has 1 heterocycles. The number of rotatable bonds is 2. The summed E-state index contributed by atoms with van der Waals surface area (Å²) in [4.78, 5) is 11.7. The van der Waals surface area contributed by atoms with E-state index in [1.165, 1.54) is 0 Å². The Morgan fingerprint density at radius 2 is 1.81 bits per heavy atom. The van der Waals surface area contributed by atoms with Gasteiger partial charge in [0.2, 0.25) is 0 Å². The Hall–Kier alpha value is -1.83. The van der Waals surface area contributed by atoms with E-state index in [4.69, 9.17) is 4.42 Å². The van der Waals surface area contributed by atoms with Gasteiger partial charge in [0.25, 0.3) is 0 Å². The topological polar surface area (TPSA) is 30.2 Å². The first-order valence-corrected chi connectivity index (χ1v) is 5.31. The summed E-state index contributed by atoms with van der Waals surface area (Å²) in [6.07, 6.45) is 0.634. The summed E-state index contributed by atoms with van der Waals surface area (Å²) in [7, 11) is 0. The quantitative estimate of drug-likeness (QED) is 0.769. The van der Waals surface area contributed by atoms with Gasteiger partial charge < -0.3 is 4.42 Å². The first-order chi connectivity index (χ1) is 7.66. The maximum absolute atomic E-state index is 11.7. The first kappa shape index (κ1) is 10.7. The summed E-state index contributed by atoms with van der Waals surface area (Å²) in [6.45, 7) is 3.74. The van der Waals surface area contributed by atoms with E-state index in [-0.39, 0.29) is 5.63 Å². The maximum Gasteiger partial charge on any atom is 0.339 e. The largest absolute Gasteiger partial charge is 0.428 e. The van der Waals surface area contributed by atoms with Crippen molar-refractivity contribution in [2.75, 3.05) is 0 Å². The average Bonchev–Trinajstić information content (AvgIpc) is 2.25. The molecule has 2 aromatic rings. The normalized spacial score (nSPS) is 10.4. The molecule has 2 rings (SSSR count). The molecular weight excluding hydrogens is 200 g/mol. The first-order valence-electron chi connectivity index (χ1n) is 5.31. The minimum absolute atomic E-state index is 0.221. The fraction of sp³-hybridized carbons (Fsp3) is 0.214. The van der Waals surface area contributed by atoms with Gasteiger partial charge in [-0.05, 0) is 31.0 Å². The Balaban J connectivity index is 2.39. The molecule has 0 unspecified atom stereocenters. The Bertz CT molecular complexity index is 538. The monoisotopic (exact) mass is 214 g/mol. The predicted molar refractivity (Wildman–Crippen MR) is 63.7 cm³/mol. The third kappa shape index (κ3) is 2.22. The van der Waals surface area contributed by atoms with Crippen molar-refractivity contribution < 1.29 is 4.42 Å². The van der Waals surface area contributed by atoms with Gasteiger partial charge in [-0.2, -0.15) is 0 Å². The van der Waals surface area contributed by atoms with Crippen LogP contribution < -0.4 is 5.63 Å². The van der Waals surface area contributed by atoms with Crippen molar-refractivity contribution in [2.24, 2.45) is 0 Å². The molecule has 0 saturated carbocycles. The van der Waals surface area contributed by atoms with E-state index in [1.807, 2.05) is 43.3 Å². The van der Waals surface area contributed by atoms with Crippen LogP contribution in [0, 0.1) is 13.8 Å². The number of aryl methyl sites for hydroxylation is 2. The van der Waals surface area contributed by atoms with Crippen LogP contribution in [0.1, 0.15) is 22.5 Å². The van der Waals surface area contributed by atoms with E-state index in [0.29, 0.717) is 12.2 Å². The summed E-state index contributed by atoms with van der Waals surface area (Å²) in [6, 6.07) is 11.8. The van der Waals surface area contributed by atoms with Gasteiger partial charge in [0, 0.05) is 12.0 Å². The molecule has 0 N–H and O–H groups in total. The smallest absolute Gasteiger partial charge is 0.339 e. The number of hydrogen-bond donors (Lipinski definition) is 0. The molecule has 0 fully saturated rings. The molecule has 2 nitrogen and oxygen atoms in total. The van der Waals surface area contributed by atoms with Crippen LogP contribution in [0.2, 0.25) is 0 Å². The third-order valence-corrected chi connectivity index (χ3v) is 2.62. The molecule has 0 radical (unpaired) electrons. The fourth-order valence-corrected chi connectivity index (χ4v) is 1.80. The van der Waals surface area contributed by atoms with E-state index in [1.54, 1.807) is 6.92 Å². The second-order valence-electron chi connectivity index (χ2n) is 3.97. The zero-order chi connectivity index (χ0) is 11.5. The molecule has 82 valence electrons. The molecule has 1 aromatic heterocycles. The van der Waals surface area contributed by atoms with Gasteiger partial charge in [0.15, 0.2) is 0 Å². The molecule has 1 aromatic carbocycles. The van der Waals surface area contributed by atoms with Crippen molar-refractivity contribution in [3.05, 3.63) is 69.3 Å². The van der Waals surface area contributed by atoms with Gasteiger partial charge in [-0.1, -0.05) is 30.3 Å². The summed E-state index contributed by atoms with van der Waals surface area (Å²) in [5.74, 6) is 0.666. The zero-order valence-electron chi connectivity index (χ0n) is 9.49. The van der Waals surface area contributed by atoms with Crippen LogP contribution >= 0.6 is 0 Å². The molecule has 2 heteroatoms. The molecular formula is C14H14O2. The van der Waals surface area contributed by atoms with Crippen LogP contribution in [0.15, 0.2) is 45.6 Å². The van der Waals surface area contributed by atoms with Gasteiger partial charge in [0.1, 0.15) is 5.76 Å². The van der Waals surface area contributed by atoms with Gasteiger partial charge in [-0.25, -0.2) is 4.79 Å². The summed E-state index contributed by atoms with van der Waals surface area (Å²) < 4.78 is 5.11. The summed E-state index contributed by atoms with van der Waals surface area (Å²) in [5, 5.41) is 0. The highest BCUT2D eigenvalue weighted by molar-refractivity contribution is 5.29. The van der Waals surface area contributed by atoms with Gasteiger partial charge in [-0.3, -0.25) is 0 Å². The van der Waals surface area contributed by atoms with Crippen LogP contribution in [0.25, 0.3) is 0 Å². The molecule has 0 saturated heterocycles. The van der Waals surface area contributed by atoms with Gasteiger partial charge in [0.05, 0.1) is 0 Å². The van der Waals surface area contributed by atoms with Crippen molar-refractivity contribution in [1.29, 1.82) is 0 Å². The lowest BCUT2D eigenvalue weighted by molar-refractivity contribution is 0.472. The van der Waals surface area contributed by atoms with Crippen molar-refractivity contribution in [3.63, 3.8) is 0 Å². The van der Waals surface area contributed by atoms with E-state index < -0.39 is 0 Å². The maximum atomic E-state index is 11.7. The Morgan fingerprint density at radius 1 is 1.12 bits per heavy atom. The highest BCUT2D eigenvalue weighted by Gasteiger charge is 2.07. The van der Waals surface area contributed by atoms with Crippen molar-refractivity contribution in [1.82, 2.24) is 0 Å². The van der Waals surface area contributed by atoms with Crippen LogP contribution in [0.4, 0.5) is 0 Å². The Kier molecular flexibility index (Phi) is 2.91. The highest BCUT2D eigenvalue weighted by Crippen LogP contribution is 2.11. The molecule has 0 aliphatic heterocycles. The minimum atomic E-state index is -0.221. The summed E-state index contributed by atoms with van der Waals surface area (Å²) in [5.41, 5.74) is 2.65. The lowest BCUT2D eigenvalue weighted by Gasteiger charge is -2.04. The van der Waals surface area contributed by atoms with Crippen molar-refractivity contribution in [2.45, 2.75) is 20.3 Å². The molecule has 0 atom stereocenters. The van der Waals surface area contributed by atoms with E-state index in [2.05, 4.69) is 0 Å². The highest BCUT2D eigenvalue weighted by atomic mass is 16.4. The molecule has 0 spiro atoms. The molecule has 0 bridgehead atoms. The SMILES string of the molecule is Cc1cc(C)c(Cc2ccccc2)c(=O)o1. The second kappa shape index (κ2) is 4.35. The fourth-order valence-electron chi connectivity index (χ4n) is 1.80. The van der Waals surface area contributed by atoms with Crippen LogP contribution in [0.3, 0.4) is 0 Å². The standard InChI is InChI=1S/C14H14O2/c1-10-8-11(2)16-14(15)13(10)9-12-6-4-3-5-7-12/h3-8H,9H2,1-2H3. The van der Waals surface area contributed by atoms with Gasteiger partial charge >= 0.3 is 5.63 Å². The van der Waals surface area contributed by atoms with E-state index in [9.17, 15) is 4.79 Å². The van der Waals surface area contributed by atoms with E-state index >= 15 is 0 Å². The Labute approximate surface area is 94.5 Å². The number of hydrogen-bond acceptors (Lipinski definition) is 2. The van der Waals surface area contributed by atoms with Crippen molar-refractivity contribution in [3.8, 4) is 0 Å². The number of benzene rings is 1. The van der Waals surface area contributed by atoms with Crippen LogP contribution in [0.5, 0.6) is 0 Å². The molecule has 0 aliphatic carbocycles. The van der Waals surface area contributed by atoms with E-state index in [0.717, 1.165) is 16.7 Å². The van der Waals surface area contributed by atoms with Crippen LogP contribution in [-0.2, 0) is 6.42 Å². The second-order valence-corrected chi connectivity index (χ2v) is 3.97. The minimum Gasteiger partial charge on any atom is -0.428 e. The van der Waals surface area contributed by atoms with Crippen molar-refractivity contribution >= 4 is 0 Å². The average molecular weight is 214 g/mol. The Morgan fingerprint density at radius 3 is 2.44 bits per heavy atom. The molecule has 0 amide bonds. The zero-order valence-corrected chi connectivity index (χ0v) is 9.49. The lowest BCUT2D eigenvalue weighted by Crippen LogP contribution is -2.10. The molecule has 0 aliphatic rings. The van der Waals surface area contributed by atoms with Gasteiger partial charge in [-0.15, -0.1) is 0 Å². The third-order valence-electron chi connectivity index (χ3n) is 2.62. The molecule has 16 heavy (non-hydrogen) atoms. The lowest BCUT2D eigenvalue weighted by atomic mass is 10.0. The predicted octanol–water partition coefficient (Wildman–Crippen LogP) is 2.85.